The number of hydrogen-bond acceptors (Lipinski definition) is 6. The monoisotopic (exact) mass is 270 g/mol. The van der Waals surface area contributed by atoms with Crippen molar-refractivity contribution in [1.82, 2.24) is 0 Å². The lowest BCUT2D eigenvalue weighted by Crippen LogP contribution is -2.09. The van der Waals surface area contributed by atoms with Crippen molar-refractivity contribution in [2.45, 2.75) is 6.42 Å². The summed E-state index contributed by atoms with van der Waals surface area (Å²) >= 11 is 0. The van der Waals surface area contributed by atoms with Gasteiger partial charge >= 0.3 is 5.97 Å². The lowest BCUT2D eigenvalue weighted by Gasteiger charge is -2.06. The molecule has 0 amide bonds. The first-order chi connectivity index (χ1) is 8.88. The van der Waals surface area contributed by atoms with Crippen molar-refractivity contribution in [2.24, 2.45) is 0 Å². The third-order valence-electron chi connectivity index (χ3n) is 2.41. The van der Waals surface area contributed by atoms with Gasteiger partial charge in [-0.25, -0.2) is 4.79 Å². The average molecular weight is 270 g/mol. The minimum atomic E-state index is -1.46. The number of ether oxygens (including phenoxy) is 1. The van der Waals surface area contributed by atoms with Crippen LogP contribution < -0.4 is 0 Å². The maximum atomic E-state index is 11.0. The molecule has 0 bridgehead atoms. The van der Waals surface area contributed by atoms with E-state index in [4.69, 9.17) is 9.84 Å². The molecule has 1 aromatic carbocycles. The molecule has 0 fully saturated rings. The first kappa shape index (κ1) is 14.5. The number of hydrogen-bond donors (Lipinski definition) is 1. The van der Waals surface area contributed by atoms with Crippen molar-refractivity contribution in [2.75, 3.05) is 13.7 Å². The van der Waals surface area contributed by atoms with Crippen LogP contribution in [0.1, 0.15) is 15.9 Å². The normalized spacial score (nSPS) is 10.2. The van der Waals surface area contributed by atoms with Crippen LogP contribution in [-0.4, -0.2) is 34.6 Å². The number of carbonyl (C=O) groups is 1. The van der Waals surface area contributed by atoms with Crippen LogP contribution in [-0.2, 0) is 11.2 Å². The van der Waals surface area contributed by atoms with E-state index in [1.165, 1.54) is 7.11 Å². The SMILES string of the molecule is COCCc1c(C(=O)O)cc([N+](=O)[O-])cc1[N+](=O)[O-]. The predicted molar refractivity (Wildman–Crippen MR) is 62.3 cm³/mol. The molecule has 0 unspecified atom stereocenters. The van der Waals surface area contributed by atoms with Crippen LogP contribution in [0.2, 0.25) is 0 Å². The van der Waals surface area contributed by atoms with Gasteiger partial charge in [-0.3, -0.25) is 20.2 Å². The number of carboxylic acids is 1. The van der Waals surface area contributed by atoms with Gasteiger partial charge in [0.15, 0.2) is 0 Å². The topological polar surface area (TPSA) is 133 Å². The molecule has 0 aliphatic carbocycles. The van der Waals surface area contributed by atoms with E-state index in [1.54, 1.807) is 0 Å². The molecule has 19 heavy (non-hydrogen) atoms. The third kappa shape index (κ3) is 3.22. The van der Waals surface area contributed by atoms with E-state index in [0.29, 0.717) is 0 Å². The van der Waals surface area contributed by atoms with Crippen LogP contribution in [0.3, 0.4) is 0 Å². The summed E-state index contributed by atoms with van der Waals surface area (Å²) in [5, 5.41) is 30.5. The molecular weight excluding hydrogens is 260 g/mol. The number of methoxy groups -OCH3 is 1. The number of non-ortho nitro benzene ring substituents is 1. The minimum Gasteiger partial charge on any atom is -0.478 e. The number of benzene rings is 1. The largest absolute Gasteiger partial charge is 0.478 e. The zero-order valence-corrected chi connectivity index (χ0v) is 9.86. The van der Waals surface area contributed by atoms with Crippen LogP contribution in [0.5, 0.6) is 0 Å². The van der Waals surface area contributed by atoms with Crippen molar-refractivity contribution >= 4 is 17.3 Å². The molecule has 1 N–H and O–H groups in total. The van der Waals surface area contributed by atoms with E-state index in [-0.39, 0.29) is 18.6 Å². The van der Waals surface area contributed by atoms with E-state index in [9.17, 15) is 25.0 Å². The fourth-order valence-electron chi connectivity index (χ4n) is 1.57. The maximum absolute atomic E-state index is 11.0. The third-order valence-corrected chi connectivity index (χ3v) is 2.41. The summed E-state index contributed by atoms with van der Waals surface area (Å²) in [7, 11) is 1.36. The molecule has 0 aliphatic heterocycles. The van der Waals surface area contributed by atoms with E-state index < -0.39 is 32.8 Å². The highest BCUT2D eigenvalue weighted by Gasteiger charge is 2.26. The second-order valence-electron chi connectivity index (χ2n) is 3.55. The van der Waals surface area contributed by atoms with E-state index in [1.807, 2.05) is 0 Å². The summed E-state index contributed by atoms with van der Waals surface area (Å²) in [4.78, 5) is 30.9. The van der Waals surface area contributed by atoms with Gasteiger partial charge in [-0.2, -0.15) is 0 Å². The van der Waals surface area contributed by atoms with Crippen molar-refractivity contribution in [3.05, 3.63) is 43.5 Å². The number of nitrogens with zero attached hydrogens (tertiary/aromatic N) is 2. The molecule has 9 nitrogen and oxygen atoms in total. The van der Waals surface area contributed by atoms with E-state index in [0.717, 1.165) is 12.1 Å². The molecule has 0 radical (unpaired) electrons. The summed E-state index contributed by atoms with van der Waals surface area (Å²) in [6.07, 6.45) is -0.0214. The Balaban J connectivity index is 3.50. The van der Waals surface area contributed by atoms with E-state index in [2.05, 4.69) is 0 Å². The maximum Gasteiger partial charge on any atom is 0.336 e. The van der Waals surface area contributed by atoms with Crippen LogP contribution in [0.4, 0.5) is 11.4 Å². The Morgan fingerprint density at radius 1 is 1.32 bits per heavy atom. The molecule has 1 aromatic rings. The quantitative estimate of drug-likeness (QED) is 0.609. The number of rotatable bonds is 6. The minimum absolute atomic E-state index is 0.0214. The Morgan fingerprint density at radius 2 is 1.95 bits per heavy atom. The highest BCUT2D eigenvalue weighted by atomic mass is 16.6. The Bertz CT molecular complexity index is 506. The van der Waals surface area contributed by atoms with Gasteiger partial charge in [-0.1, -0.05) is 0 Å². The summed E-state index contributed by atoms with van der Waals surface area (Å²) in [6, 6.07) is 1.55. The standard InChI is InChI=1S/C10H10N2O7/c1-19-3-2-7-8(10(13)14)4-6(11(15)16)5-9(7)12(17)18/h4-5H,2-3H2,1H3,(H,13,14). The van der Waals surface area contributed by atoms with Gasteiger partial charge in [-0.05, 0) is 0 Å². The lowest BCUT2D eigenvalue weighted by molar-refractivity contribution is -0.394. The number of nitro groups is 2. The molecule has 102 valence electrons. The van der Waals surface area contributed by atoms with Gasteiger partial charge in [0.05, 0.1) is 28.1 Å². The smallest absolute Gasteiger partial charge is 0.336 e. The van der Waals surface area contributed by atoms with Crippen LogP contribution >= 0.6 is 0 Å². The van der Waals surface area contributed by atoms with Gasteiger partial charge in [0.25, 0.3) is 11.4 Å². The Hall–Kier alpha value is -2.55. The number of carboxylic acid groups (broad SMARTS) is 1. The first-order valence-corrected chi connectivity index (χ1v) is 5.06. The summed E-state index contributed by atoms with van der Waals surface area (Å²) in [5.74, 6) is -1.46. The molecule has 0 aromatic heterocycles. The van der Waals surface area contributed by atoms with Crippen LogP contribution in [0.25, 0.3) is 0 Å². The number of nitro benzene ring substituents is 2. The first-order valence-electron chi connectivity index (χ1n) is 5.06. The molecule has 0 spiro atoms. The molecular formula is C10H10N2O7. The molecule has 9 heteroatoms. The zero-order valence-electron chi connectivity index (χ0n) is 9.86. The predicted octanol–water partition coefficient (Wildman–Crippen LogP) is 1.39. The highest BCUT2D eigenvalue weighted by molar-refractivity contribution is 5.91. The Morgan fingerprint density at radius 3 is 2.37 bits per heavy atom. The molecule has 0 aliphatic rings. The Kier molecular flexibility index (Phi) is 4.48. The summed E-state index contributed by atoms with van der Waals surface area (Å²) in [6.45, 7) is 0.0684. The lowest BCUT2D eigenvalue weighted by atomic mass is 10.0. The van der Waals surface area contributed by atoms with Gasteiger partial charge in [0.2, 0.25) is 0 Å². The fourth-order valence-corrected chi connectivity index (χ4v) is 1.57. The molecule has 0 heterocycles. The van der Waals surface area contributed by atoms with Crippen molar-refractivity contribution in [3.63, 3.8) is 0 Å². The molecule has 0 saturated heterocycles. The summed E-state index contributed by atoms with van der Waals surface area (Å²) in [5.41, 5.74) is -1.78. The van der Waals surface area contributed by atoms with Crippen molar-refractivity contribution in [1.29, 1.82) is 0 Å². The number of aromatic carboxylic acids is 1. The van der Waals surface area contributed by atoms with Crippen LogP contribution in [0.15, 0.2) is 12.1 Å². The molecule has 1 rings (SSSR count). The molecule has 0 atom stereocenters. The van der Waals surface area contributed by atoms with E-state index >= 15 is 0 Å². The van der Waals surface area contributed by atoms with Crippen LogP contribution in [0, 0.1) is 20.2 Å². The molecule has 0 saturated carbocycles. The Labute approximate surface area is 106 Å². The van der Waals surface area contributed by atoms with Gasteiger partial charge in [-0.15, -0.1) is 0 Å². The summed E-state index contributed by atoms with van der Waals surface area (Å²) < 4.78 is 4.74. The average Bonchev–Trinajstić information content (AvgIpc) is 2.34. The second-order valence-corrected chi connectivity index (χ2v) is 3.55. The fraction of sp³-hybridized carbons (Fsp3) is 0.300. The van der Waals surface area contributed by atoms with Gasteiger partial charge in [0, 0.05) is 25.2 Å². The van der Waals surface area contributed by atoms with Gasteiger partial charge in [0.1, 0.15) is 0 Å². The van der Waals surface area contributed by atoms with Gasteiger partial charge < -0.3 is 9.84 Å². The zero-order chi connectivity index (χ0) is 14.6. The van der Waals surface area contributed by atoms with Crippen molar-refractivity contribution in [3.8, 4) is 0 Å². The van der Waals surface area contributed by atoms with Crippen molar-refractivity contribution < 1.29 is 24.5 Å². The highest BCUT2D eigenvalue weighted by Crippen LogP contribution is 2.29. The second kappa shape index (κ2) is 5.87.